The molecule has 2 N–H and O–H groups in total. The Bertz CT molecular complexity index is 495. The third kappa shape index (κ3) is 8.70. The molecule has 152 valence electrons. The van der Waals surface area contributed by atoms with Gasteiger partial charge in [0.15, 0.2) is 5.96 Å². The number of unbranched alkanes of at least 4 members (excludes halogenated alkanes) is 1. The van der Waals surface area contributed by atoms with Gasteiger partial charge in [0.25, 0.3) is 0 Å². The molecule has 0 bridgehead atoms. The van der Waals surface area contributed by atoms with E-state index in [1.165, 1.54) is 6.42 Å². The molecule has 1 aromatic heterocycles. The van der Waals surface area contributed by atoms with Crippen molar-refractivity contribution in [2.24, 2.45) is 4.99 Å². The van der Waals surface area contributed by atoms with Crippen LogP contribution in [0, 0.1) is 0 Å². The number of hydrogen-bond donors (Lipinski definition) is 2. The fourth-order valence-electron chi connectivity index (χ4n) is 2.57. The number of guanidine groups is 1. The molecule has 0 saturated carbocycles. The first kappa shape index (κ1) is 25.2. The Morgan fingerprint density at radius 3 is 2.46 bits per heavy atom. The molecule has 0 aliphatic rings. The molecule has 0 spiro atoms. The lowest BCUT2D eigenvalue weighted by Crippen LogP contribution is -2.38. The minimum atomic E-state index is 0. The fraction of sp³-hybridized carbons (Fsp3) is 0.789. The molecule has 0 amide bonds. The van der Waals surface area contributed by atoms with Crippen molar-refractivity contribution in [1.29, 1.82) is 0 Å². The van der Waals surface area contributed by atoms with E-state index in [-0.39, 0.29) is 24.0 Å². The van der Waals surface area contributed by atoms with E-state index in [2.05, 4.69) is 62.4 Å². The molecule has 0 fully saturated rings. The molecule has 6 nitrogen and oxygen atoms in total. The average Bonchev–Trinajstić information content (AvgIpc) is 3.00. The van der Waals surface area contributed by atoms with Crippen LogP contribution in [0.1, 0.15) is 64.5 Å². The Labute approximate surface area is 176 Å². The van der Waals surface area contributed by atoms with Gasteiger partial charge >= 0.3 is 0 Å². The van der Waals surface area contributed by atoms with Gasteiger partial charge in [0.2, 0.25) is 0 Å². The lowest BCUT2D eigenvalue weighted by Gasteiger charge is -2.20. The number of aryl methyl sites for hydroxylation is 2. The zero-order valence-electron chi connectivity index (χ0n) is 17.4. The van der Waals surface area contributed by atoms with Crippen molar-refractivity contribution in [2.75, 3.05) is 26.7 Å². The summed E-state index contributed by atoms with van der Waals surface area (Å²) in [6.07, 6.45) is 4.05. The summed E-state index contributed by atoms with van der Waals surface area (Å²) in [6.45, 7) is 14.3. The molecule has 0 radical (unpaired) electrons. The van der Waals surface area contributed by atoms with Gasteiger partial charge in [-0.2, -0.15) is 0 Å². The van der Waals surface area contributed by atoms with Gasteiger partial charge in [-0.25, -0.2) is 4.99 Å². The van der Waals surface area contributed by atoms with Crippen LogP contribution < -0.4 is 10.6 Å². The molecule has 0 atom stereocenters. The lowest BCUT2D eigenvalue weighted by atomic mass is 10.1. The number of rotatable bonds is 11. The molecule has 0 aliphatic heterocycles. The van der Waals surface area contributed by atoms with E-state index in [0.717, 1.165) is 61.9 Å². The summed E-state index contributed by atoms with van der Waals surface area (Å²) in [6, 6.07) is 0.607. The molecule has 7 heteroatoms. The molecule has 0 saturated heterocycles. The molecule has 1 aromatic rings. The second-order valence-electron chi connectivity index (χ2n) is 6.64. The van der Waals surface area contributed by atoms with Crippen molar-refractivity contribution in [3.05, 3.63) is 17.0 Å². The van der Waals surface area contributed by atoms with E-state index in [0.29, 0.717) is 12.6 Å². The molecule has 1 rings (SSSR count). The predicted octanol–water partition coefficient (Wildman–Crippen LogP) is 3.59. The Balaban J connectivity index is 0.00000625. The second-order valence-corrected chi connectivity index (χ2v) is 6.64. The van der Waals surface area contributed by atoms with Crippen LogP contribution in [-0.4, -0.2) is 48.7 Å². The number of nitrogens with one attached hydrogen (secondary N) is 2. The molecular weight excluding hydrogens is 441 g/mol. The average molecular weight is 479 g/mol. The van der Waals surface area contributed by atoms with Gasteiger partial charge in [0, 0.05) is 31.1 Å². The number of aromatic nitrogens is 1. The van der Waals surface area contributed by atoms with E-state index < -0.39 is 0 Å². The van der Waals surface area contributed by atoms with Crippen molar-refractivity contribution >= 4 is 29.9 Å². The second kappa shape index (κ2) is 14.3. The summed E-state index contributed by atoms with van der Waals surface area (Å²) in [5.41, 5.74) is 2.16. The number of halogens is 1. The van der Waals surface area contributed by atoms with Crippen LogP contribution in [0.4, 0.5) is 0 Å². The molecule has 0 aromatic carbocycles. The van der Waals surface area contributed by atoms with E-state index in [9.17, 15) is 0 Å². The van der Waals surface area contributed by atoms with Crippen LogP contribution in [0.5, 0.6) is 0 Å². The van der Waals surface area contributed by atoms with Crippen molar-refractivity contribution < 1.29 is 4.52 Å². The highest BCUT2D eigenvalue weighted by molar-refractivity contribution is 14.0. The van der Waals surface area contributed by atoms with Crippen molar-refractivity contribution in [3.63, 3.8) is 0 Å². The highest BCUT2D eigenvalue weighted by Crippen LogP contribution is 2.16. The first-order valence-corrected chi connectivity index (χ1v) is 9.72. The van der Waals surface area contributed by atoms with Crippen LogP contribution in [0.15, 0.2) is 9.52 Å². The quantitative estimate of drug-likeness (QED) is 0.220. The van der Waals surface area contributed by atoms with E-state index in [1.807, 2.05) is 0 Å². The first-order chi connectivity index (χ1) is 12.0. The van der Waals surface area contributed by atoms with Crippen LogP contribution in [0.3, 0.4) is 0 Å². The van der Waals surface area contributed by atoms with Gasteiger partial charge in [0.1, 0.15) is 5.76 Å². The minimum absolute atomic E-state index is 0. The summed E-state index contributed by atoms with van der Waals surface area (Å²) >= 11 is 0. The van der Waals surface area contributed by atoms with Gasteiger partial charge in [-0.3, -0.25) is 0 Å². The van der Waals surface area contributed by atoms with Crippen LogP contribution in [0.25, 0.3) is 0 Å². The smallest absolute Gasteiger partial charge is 0.191 e. The number of nitrogens with zero attached hydrogens (tertiary/aromatic N) is 3. The zero-order chi connectivity index (χ0) is 18.7. The zero-order valence-corrected chi connectivity index (χ0v) is 19.7. The third-order valence-corrected chi connectivity index (χ3v) is 4.46. The Kier molecular flexibility index (Phi) is 13.8. The number of hydrogen-bond acceptors (Lipinski definition) is 4. The van der Waals surface area contributed by atoms with Crippen molar-refractivity contribution in [1.82, 2.24) is 20.7 Å². The Morgan fingerprint density at radius 1 is 1.15 bits per heavy atom. The first-order valence-electron chi connectivity index (χ1n) is 9.72. The summed E-state index contributed by atoms with van der Waals surface area (Å²) in [7, 11) is 2.18. The van der Waals surface area contributed by atoms with E-state index in [4.69, 9.17) is 9.52 Å². The summed E-state index contributed by atoms with van der Waals surface area (Å²) < 4.78 is 5.42. The van der Waals surface area contributed by atoms with E-state index in [1.54, 1.807) is 0 Å². The standard InChI is InChI=1S/C19H37N5O.HI/c1-7-17-16(18(8-2)25-23-17)14-22-19(20-9-3)21-12-10-11-13-24(6)15(4)5;/h15H,7-14H2,1-6H3,(H2,20,21,22);1H. The summed E-state index contributed by atoms with van der Waals surface area (Å²) in [5, 5.41) is 10.9. The summed E-state index contributed by atoms with van der Waals surface area (Å²) in [5.74, 6) is 1.82. The topological polar surface area (TPSA) is 65.7 Å². The largest absolute Gasteiger partial charge is 0.361 e. The molecule has 26 heavy (non-hydrogen) atoms. The summed E-state index contributed by atoms with van der Waals surface area (Å²) in [4.78, 5) is 7.10. The number of aliphatic imine (C=N–C) groups is 1. The minimum Gasteiger partial charge on any atom is -0.361 e. The lowest BCUT2D eigenvalue weighted by molar-refractivity contribution is 0.268. The maximum absolute atomic E-state index is 5.42. The maximum Gasteiger partial charge on any atom is 0.191 e. The molecule has 1 heterocycles. The highest BCUT2D eigenvalue weighted by atomic mass is 127. The molecule has 0 unspecified atom stereocenters. The Morgan fingerprint density at radius 2 is 1.88 bits per heavy atom. The van der Waals surface area contributed by atoms with Gasteiger partial charge in [-0.05, 0) is 53.6 Å². The third-order valence-electron chi connectivity index (χ3n) is 4.46. The van der Waals surface area contributed by atoms with Crippen LogP contribution in [0.2, 0.25) is 0 Å². The van der Waals surface area contributed by atoms with Gasteiger partial charge in [0.05, 0.1) is 12.2 Å². The van der Waals surface area contributed by atoms with Crippen LogP contribution >= 0.6 is 24.0 Å². The van der Waals surface area contributed by atoms with Gasteiger partial charge < -0.3 is 20.1 Å². The monoisotopic (exact) mass is 479 g/mol. The van der Waals surface area contributed by atoms with Gasteiger partial charge in [-0.15, -0.1) is 24.0 Å². The maximum atomic E-state index is 5.42. The van der Waals surface area contributed by atoms with Gasteiger partial charge in [-0.1, -0.05) is 19.0 Å². The van der Waals surface area contributed by atoms with Crippen molar-refractivity contribution in [2.45, 2.75) is 72.9 Å². The molecular formula is C19H38IN5O. The van der Waals surface area contributed by atoms with Crippen LogP contribution in [-0.2, 0) is 19.4 Å². The van der Waals surface area contributed by atoms with Crippen molar-refractivity contribution in [3.8, 4) is 0 Å². The SMILES string of the molecule is CCNC(=NCc1c(CC)noc1CC)NCCCCN(C)C(C)C.I. The normalized spacial score (nSPS) is 11.8. The highest BCUT2D eigenvalue weighted by Gasteiger charge is 2.13. The Hall–Kier alpha value is -0.830. The van der Waals surface area contributed by atoms with E-state index >= 15 is 0 Å². The predicted molar refractivity (Wildman–Crippen MR) is 120 cm³/mol. The fourth-order valence-corrected chi connectivity index (χ4v) is 2.57. The molecule has 0 aliphatic carbocycles.